The normalized spacial score (nSPS) is 16.6. The van der Waals surface area contributed by atoms with Gasteiger partial charge in [-0.15, -0.1) is 0 Å². The van der Waals surface area contributed by atoms with Gasteiger partial charge in [-0.05, 0) is 62.3 Å². The van der Waals surface area contributed by atoms with E-state index in [0.29, 0.717) is 0 Å². The van der Waals surface area contributed by atoms with Gasteiger partial charge < -0.3 is 11.1 Å². The zero-order chi connectivity index (χ0) is 14.5. The Morgan fingerprint density at radius 3 is 2.75 bits per heavy atom. The van der Waals surface area contributed by atoms with Crippen molar-refractivity contribution < 1.29 is 4.79 Å². The Balaban J connectivity index is 1.84. The van der Waals surface area contributed by atoms with E-state index in [9.17, 15) is 4.79 Å². The molecule has 1 aliphatic carbocycles. The highest BCUT2D eigenvalue weighted by Gasteiger charge is 2.15. The van der Waals surface area contributed by atoms with Crippen LogP contribution < -0.4 is 11.1 Å². The van der Waals surface area contributed by atoms with E-state index < -0.39 is 0 Å². The van der Waals surface area contributed by atoms with Crippen molar-refractivity contribution in [3.63, 3.8) is 0 Å². The van der Waals surface area contributed by atoms with Gasteiger partial charge >= 0.3 is 0 Å². The molecular weight excluding hydrogens is 248 g/mol. The highest BCUT2D eigenvalue weighted by atomic mass is 16.1. The number of fused-ring (bicyclic) bond motifs is 1. The van der Waals surface area contributed by atoms with Crippen molar-refractivity contribution in [2.45, 2.75) is 58.4 Å². The molecule has 3 N–H and O–H groups in total. The van der Waals surface area contributed by atoms with Crippen LogP contribution in [0.15, 0.2) is 18.2 Å². The van der Waals surface area contributed by atoms with Crippen LogP contribution >= 0.6 is 0 Å². The molecule has 1 aromatic rings. The van der Waals surface area contributed by atoms with Crippen LogP contribution in [-0.2, 0) is 17.6 Å². The standard InChI is InChI=1S/C17H26N2O/c1-12(5-3-6-13(2)18)17(20)19-16-10-9-14-7-4-8-15(14)11-16/h9-13H,3-8,18H2,1-2H3,(H,19,20). The van der Waals surface area contributed by atoms with Crippen LogP contribution in [0.1, 0.15) is 50.7 Å². The Morgan fingerprint density at radius 2 is 2.00 bits per heavy atom. The average molecular weight is 274 g/mol. The van der Waals surface area contributed by atoms with E-state index >= 15 is 0 Å². The molecule has 0 aromatic heterocycles. The molecule has 2 atom stereocenters. The lowest BCUT2D eigenvalue weighted by molar-refractivity contribution is -0.119. The van der Waals surface area contributed by atoms with Gasteiger partial charge in [0.2, 0.25) is 5.91 Å². The van der Waals surface area contributed by atoms with Gasteiger partial charge in [-0.2, -0.15) is 0 Å². The summed E-state index contributed by atoms with van der Waals surface area (Å²) in [7, 11) is 0. The number of aryl methyl sites for hydroxylation is 2. The predicted octanol–water partition coefficient (Wildman–Crippen LogP) is 3.27. The molecule has 2 rings (SSSR count). The molecule has 3 nitrogen and oxygen atoms in total. The highest BCUT2D eigenvalue weighted by molar-refractivity contribution is 5.92. The van der Waals surface area contributed by atoms with Gasteiger partial charge in [0.1, 0.15) is 0 Å². The second kappa shape index (κ2) is 6.89. The number of carbonyl (C=O) groups excluding carboxylic acids is 1. The third-order valence-corrected chi connectivity index (χ3v) is 4.11. The van der Waals surface area contributed by atoms with Gasteiger partial charge in [-0.3, -0.25) is 4.79 Å². The number of rotatable bonds is 6. The van der Waals surface area contributed by atoms with E-state index in [1.165, 1.54) is 24.0 Å². The molecule has 2 unspecified atom stereocenters. The molecule has 1 amide bonds. The van der Waals surface area contributed by atoms with Gasteiger partial charge in [0.15, 0.2) is 0 Å². The molecule has 0 fully saturated rings. The van der Waals surface area contributed by atoms with Crippen LogP contribution in [0, 0.1) is 5.92 Å². The lowest BCUT2D eigenvalue weighted by atomic mass is 10.0. The predicted molar refractivity (Wildman–Crippen MR) is 83.8 cm³/mol. The lowest BCUT2D eigenvalue weighted by Crippen LogP contribution is -2.21. The smallest absolute Gasteiger partial charge is 0.227 e. The van der Waals surface area contributed by atoms with E-state index in [0.717, 1.165) is 31.4 Å². The third kappa shape index (κ3) is 4.07. The van der Waals surface area contributed by atoms with Crippen LogP contribution in [0.3, 0.4) is 0 Å². The van der Waals surface area contributed by atoms with E-state index in [1.807, 2.05) is 19.9 Å². The molecule has 0 saturated carbocycles. The second-order valence-corrected chi connectivity index (χ2v) is 6.14. The lowest BCUT2D eigenvalue weighted by Gasteiger charge is -2.13. The third-order valence-electron chi connectivity index (χ3n) is 4.11. The van der Waals surface area contributed by atoms with E-state index in [1.54, 1.807) is 0 Å². The van der Waals surface area contributed by atoms with E-state index in [4.69, 9.17) is 5.73 Å². The van der Waals surface area contributed by atoms with Crippen molar-refractivity contribution in [3.8, 4) is 0 Å². The Hall–Kier alpha value is -1.35. The Kier molecular flexibility index (Phi) is 5.18. The number of nitrogens with two attached hydrogens (primary N) is 1. The minimum Gasteiger partial charge on any atom is -0.328 e. The SMILES string of the molecule is CC(N)CCCC(C)C(=O)Nc1ccc2c(c1)CCC2. The minimum atomic E-state index is 0.0435. The summed E-state index contributed by atoms with van der Waals surface area (Å²) in [6, 6.07) is 6.53. The van der Waals surface area contributed by atoms with Gasteiger partial charge in [-0.25, -0.2) is 0 Å². The summed E-state index contributed by atoms with van der Waals surface area (Å²) >= 11 is 0. The van der Waals surface area contributed by atoms with Crippen LogP contribution in [-0.4, -0.2) is 11.9 Å². The maximum absolute atomic E-state index is 12.1. The molecule has 3 heteroatoms. The summed E-state index contributed by atoms with van der Waals surface area (Å²) in [6.45, 7) is 4.00. The number of carbonyl (C=O) groups is 1. The fraction of sp³-hybridized carbons (Fsp3) is 0.588. The van der Waals surface area contributed by atoms with Crippen LogP contribution in [0.2, 0.25) is 0 Å². The van der Waals surface area contributed by atoms with Crippen molar-refractivity contribution in [2.24, 2.45) is 11.7 Å². The van der Waals surface area contributed by atoms with Gasteiger partial charge in [0, 0.05) is 17.6 Å². The van der Waals surface area contributed by atoms with Crippen molar-refractivity contribution >= 4 is 11.6 Å². The molecule has 20 heavy (non-hydrogen) atoms. The topological polar surface area (TPSA) is 55.1 Å². The van der Waals surface area contributed by atoms with E-state index in [-0.39, 0.29) is 17.9 Å². The summed E-state index contributed by atoms with van der Waals surface area (Å²) in [4.78, 5) is 12.1. The number of hydrogen-bond acceptors (Lipinski definition) is 2. The maximum Gasteiger partial charge on any atom is 0.227 e. The van der Waals surface area contributed by atoms with Crippen LogP contribution in [0.5, 0.6) is 0 Å². The van der Waals surface area contributed by atoms with Crippen molar-refractivity contribution in [2.75, 3.05) is 5.32 Å². The molecule has 1 aromatic carbocycles. The fourth-order valence-corrected chi connectivity index (χ4v) is 2.79. The molecule has 0 saturated heterocycles. The van der Waals surface area contributed by atoms with Crippen molar-refractivity contribution in [1.82, 2.24) is 0 Å². The van der Waals surface area contributed by atoms with Gasteiger partial charge in [-0.1, -0.05) is 19.4 Å². The molecular formula is C17H26N2O. The number of benzene rings is 1. The molecule has 0 spiro atoms. The zero-order valence-corrected chi connectivity index (χ0v) is 12.6. The molecule has 1 aliphatic rings. The highest BCUT2D eigenvalue weighted by Crippen LogP contribution is 2.25. The quantitative estimate of drug-likeness (QED) is 0.836. The Bertz CT molecular complexity index is 468. The number of hydrogen-bond donors (Lipinski definition) is 2. The second-order valence-electron chi connectivity index (χ2n) is 6.14. The summed E-state index contributed by atoms with van der Waals surface area (Å²) in [5.41, 5.74) is 9.50. The van der Waals surface area contributed by atoms with Gasteiger partial charge in [0.25, 0.3) is 0 Å². The van der Waals surface area contributed by atoms with Crippen LogP contribution in [0.4, 0.5) is 5.69 Å². The molecule has 0 bridgehead atoms. The number of amides is 1. The molecule has 0 heterocycles. The number of nitrogens with one attached hydrogen (secondary N) is 1. The summed E-state index contributed by atoms with van der Waals surface area (Å²) in [6.07, 6.45) is 6.45. The fourth-order valence-electron chi connectivity index (χ4n) is 2.79. The molecule has 110 valence electrons. The van der Waals surface area contributed by atoms with Crippen molar-refractivity contribution in [1.29, 1.82) is 0 Å². The van der Waals surface area contributed by atoms with E-state index in [2.05, 4.69) is 17.4 Å². The average Bonchev–Trinajstić information content (AvgIpc) is 2.85. The Morgan fingerprint density at radius 1 is 1.25 bits per heavy atom. The van der Waals surface area contributed by atoms with Gasteiger partial charge in [0.05, 0.1) is 0 Å². The Labute approximate surface area is 121 Å². The first-order chi connectivity index (χ1) is 9.56. The summed E-state index contributed by atoms with van der Waals surface area (Å²) in [5.74, 6) is 0.162. The summed E-state index contributed by atoms with van der Waals surface area (Å²) < 4.78 is 0. The molecule has 0 aliphatic heterocycles. The monoisotopic (exact) mass is 274 g/mol. The largest absolute Gasteiger partial charge is 0.328 e. The maximum atomic E-state index is 12.1. The first-order valence-electron chi connectivity index (χ1n) is 7.74. The summed E-state index contributed by atoms with van der Waals surface area (Å²) in [5, 5.41) is 3.04. The van der Waals surface area contributed by atoms with Crippen LogP contribution in [0.25, 0.3) is 0 Å². The zero-order valence-electron chi connectivity index (χ0n) is 12.6. The first-order valence-corrected chi connectivity index (χ1v) is 7.74. The minimum absolute atomic E-state index is 0.0435. The number of anilines is 1. The van der Waals surface area contributed by atoms with Crippen molar-refractivity contribution in [3.05, 3.63) is 29.3 Å². The molecule has 0 radical (unpaired) electrons. The first kappa shape index (κ1) is 15.0.